The van der Waals surface area contributed by atoms with Crippen molar-refractivity contribution in [3.8, 4) is 0 Å². The fourth-order valence-corrected chi connectivity index (χ4v) is 3.10. The number of aromatic nitrogens is 3. The van der Waals surface area contributed by atoms with E-state index >= 15 is 0 Å². The number of hydrogen-bond acceptors (Lipinski definition) is 7. The van der Waals surface area contributed by atoms with E-state index in [1.807, 2.05) is 37.2 Å². The Kier molecular flexibility index (Phi) is 7.75. The van der Waals surface area contributed by atoms with Crippen LogP contribution in [0, 0.1) is 0 Å². The van der Waals surface area contributed by atoms with E-state index in [9.17, 15) is 4.79 Å². The van der Waals surface area contributed by atoms with Gasteiger partial charge in [-0.1, -0.05) is 30.3 Å². The second-order valence-electron chi connectivity index (χ2n) is 7.31. The molecule has 0 bridgehead atoms. The summed E-state index contributed by atoms with van der Waals surface area (Å²) in [4.78, 5) is 29.7. The molecule has 1 aromatic carbocycles. The van der Waals surface area contributed by atoms with Crippen molar-refractivity contribution in [2.75, 3.05) is 50.2 Å². The van der Waals surface area contributed by atoms with Crippen molar-refractivity contribution in [3.63, 3.8) is 0 Å². The van der Waals surface area contributed by atoms with Crippen LogP contribution in [-0.4, -0.2) is 61.3 Å². The lowest BCUT2D eigenvalue weighted by molar-refractivity contribution is -0.121. The van der Waals surface area contributed by atoms with Crippen LogP contribution in [0.3, 0.4) is 0 Å². The molecule has 1 fully saturated rings. The van der Waals surface area contributed by atoms with E-state index in [-0.39, 0.29) is 5.91 Å². The molecule has 2 heterocycles. The van der Waals surface area contributed by atoms with E-state index in [1.54, 1.807) is 0 Å². The van der Waals surface area contributed by atoms with E-state index in [0.717, 1.165) is 32.4 Å². The first-order chi connectivity index (χ1) is 14.1. The second kappa shape index (κ2) is 10.7. The van der Waals surface area contributed by atoms with Crippen LogP contribution in [0.4, 0.5) is 11.9 Å². The first kappa shape index (κ1) is 21.0. The quantitative estimate of drug-likeness (QED) is 0.645. The molecule has 3 rings (SSSR count). The number of hydrogen-bond donors (Lipinski definition) is 1. The Hall–Kier alpha value is -2.74. The molecule has 8 nitrogen and oxygen atoms in total. The number of anilines is 2. The summed E-state index contributed by atoms with van der Waals surface area (Å²) in [6.45, 7) is 3.14. The molecular formula is C21H30N6O2. The first-order valence-electron chi connectivity index (χ1n) is 10.2. The van der Waals surface area contributed by atoms with Crippen LogP contribution in [-0.2, 0) is 22.5 Å². The van der Waals surface area contributed by atoms with Gasteiger partial charge in [0.15, 0.2) is 5.82 Å². The van der Waals surface area contributed by atoms with Crippen LogP contribution in [0.15, 0.2) is 30.3 Å². The summed E-state index contributed by atoms with van der Waals surface area (Å²) in [6.07, 6.45) is 3.36. The number of nitrogens with one attached hydrogen (secondary N) is 1. The van der Waals surface area contributed by atoms with Crippen molar-refractivity contribution in [1.82, 2.24) is 20.3 Å². The molecule has 2 aromatic rings. The highest BCUT2D eigenvalue weighted by Gasteiger charge is 2.17. The Morgan fingerprint density at radius 3 is 2.59 bits per heavy atom. The SMILES string of the molecule is CN(C)c1nc(CNC(=O)CCCCc2ccccc2)nc(N2CCOCC2)n1. The number of aryl methyl sites for hydroxylation is 1. The van der Waals surface area contributed by atoms with Crippen LogP contribution in [0.1, 0.15) is 30.7 Å². The number of carbonyl (C=O) groups is 1. The molecule has 1 saturated heterocycles. The van der Waals surface area contributed by atoms with Crippen LogP contribution in [0.5, 0.6) is 0 Å². The molecule has 0 aliphatic carbocycles. The molecule has 156 valence electrons. The Bertz CT molecular complexity index is 778. The van der Waals surface area contributed by atoms with E-state index in [0.29, 0.717) is 43.9 Å². The van der Waals surface area contributed by atoms with Gasteiger partial charge in [-0.05, 0) is 24.8 Å². The minimum absolute atomic E-state index is 0.0257. The third-order valence-electron chi connectivity index (χ3n) is 4.76. The maximum atomic E-state index is 12.2. The van der Waals surface area contributed by atoms with Crippen LogP contribution >= 0.6 is 0 Å². The summed E-state index contributed by atoms with van der Waals surface area (Å²) in [6, 6.07) is 10.3. The molecule has 0 saturated carbocycles. The average molecular weight is 399 g/mol. The van der Waals surface area contributed by atoms with Gasteiger partial charge in [0, 0.05) is 33.6 Å². The molecule has 8 heteroatoms. The molecule has 0 unspecified atom stereocenters. The van der Waals surface area contributed by atoms with Gasteiger partial charge >= 0.3 is 0 Å². The third-order valence-corrected chi connectivity index (χ3v) is 4.76. The predicted octanol–water partition coefficient (Wildman–Crippen LogP) is 1.80. The first-order valence-corrected chi connectivity index (χ1v) is 10.2. The van der Waals surface area contributed by atoms with Gasteiger partial charge in [0.1, 0.15) is 0 Å². The Labute approximate surface area is 172 Å². The number of ether oxygens (including phenoxy) is 1. The van der Waals surface area contributed by atoms with Gasteiger partial charge in [0.2, 0.25) is 17.8 Å². The maximum absolute atomic E-state index is 12.2. The van der Waals surface area contributed by atoms with Crippen molar-refractivity contribution < 1.29 is 9.53 Å². The topological polar surface area (TPSA) is 83.5 Å². The van der Waals surface area contributed by atoms with Crippen LogP contribution in [0.25, 0.3) is 0 Å². The maximum Gasteiger partial charge on any atom is 0.230 e. The Morgan fingerprint density at radius 2 is 1.86 bits per heavy atom. The molecule has 1 amide bonds. The van der Waals surface area contributed by atoms with Gasteiger partial charge < -0.3 is 19.9 Å². The van der Waals surface area contributed by atoms with E-state index in [4.69, 9.17) is 4.74 Å². The Balaban J connectivity index is 1.49. The fraction of sp³-hybridized carbons (Fsp3) is 0.524. The molecule has 0 radical (unpaired) electrons. The van der Waals surface area contributed by atoms with E-state index in [2.05, 4.69) is 37.3 Å². The Morgan fingerprint density at radius 1 is 1.10 bits per heavy atom. The summed E-state index contributed by atoms with van der Waals surface area (Å²) in [5.41, 5.74) is 1.31. The summed E-state index contributed by atoms with van der Waals surface area (Å²) < 4.78 is 5.40. The zero-order chi connectivity index (χ0) is 20.5. The molecule has 1 aliphatic heterocycles. The lowest BCUT2D eigenvalue weighted by atomic mass is 10.1. The fourth-order valence-electron chi connectivity index (χ4n) is 3.10. The second-order valence-corrected chi connectivity index (χ2v) is 7.31. The van der Waals surface area contributed by atoms with E-state index in [1.165, 1.54) is 5.56 Å². The van der Waals surface area contributed by atoms with Crippen molar-refractivity contribution in [1.29, 1.82) is 0 Å². The zero-order valence-corrected chi connectivity index (χ0v) is 17.3. The summed E-state index contributed by atoms with van der Waals surface area (Å²) in [5.74, 6) is 1.83. The molecule has 1 aromatic heterocycles. The highest BCUT2D eigenvalue weighted by Crippen LogP contribution is 2.14. The summed E-state index contributed by atoms with van der Waals surface area (Å²) in [7, 11) is 3.79. The van der Waals surface area contributed by atoms with Gasteiger partial charge in [0.25, 0.3) is 0 Å². The van der Waals surface area contributed by atoms with Crippen molar-refractivity contribution in [3.05, 3.63) is 41.7 Å². The smallest absolute Gasteiger partial charge is 0.230 e. The summed E-state index contributed by atoms with van der Waals surface area (Å²) in [5, 5.41) is 2.94. The van der Waals surface area contributed by atoms with Crippen molar-refractivity contribution in [2.24, 2.45) is 0 Å². The molecular weight excluding hydrogens is 368 g/mol. The number of amides is 1. The van der Waals surface area contributed by atoms with Crippen molar-refractivity contribution >= 4 is 17.8 Å². The van der Waals surface area contributed by atoms with Gasteiger partial charge in [-0.25, -0.2) is 0 Å². The molecule has 29 heavy (non-hydrogen) atoms. The standard InChI is InChI=1S/C21H30N6O2/c1-26(2)20-23-18(24-21(25-20)27-12-14-29-15-13-27)16-22-19(28)11-7-6-10-17-8-4-3-5-9-17/h3-5,8-9H,6-7,10-16H2,1-2H3,(H,22,28). The number of benzene rings is 1. The summed E-state index contributed by atoms with van der Waals surface area (Å²) >= 11 is 0. The predicted molar refractivity (Wildman–Crippen MR) is 113 cm³/mol. The largest absolute Gasteiger partial charge is 0.378 e. The highest BCUT2D eigenvalue weighted by atomic mass is 16.5. The normalized spacial score (nSPS) is 13.9. The lowest BCUT2D eigenvalue weighted by Gasteiger charge is -2.27. The molecule has 1 N–H and O–H groups in total. The van der Waals surface area contributed by atoms with Gasteiger partial charge in [0.05, 0.1) is 19.8 Å². The van der Waals surface area contributed by atoms with Crippen LogP contribution in [0.2, 0.25) is 0 Å². The number of nitrogens with zero attached hydrogens (tertiary/aromatic N) is 5. The van der Waals surface area contributed by atoms with E-state index < -0.39 is 0 Å². The number of morpholine rings is 1. The number of unbranched alkanes of at least 4 members (excludes halogenated alkanes) is 1. The highest BCUT2D eigenvalue weighted by molar-refractivity contribution is 5.75. The van der Waals surface area contributed by atoms with Gasteiger partial charge in [-0.15, -0.1) is 0 Å². The molecule has 0 spiro atoms. The minimum atomic E-state index is 0.0257. The van der Waals surface area contributed by atoms with Gasteiger partial charge in [-0.2, -0.15) is 15.0 Å². The minimum Gasteiger partial charge on any atom is -0.378 e. The average Bonchev–Trinajstić information content (AvgIpc) is 2.76. The zero-order valence-electron chi connectivity index (χ0n) is 17.3. The lowest BCUT2D eigenvalue weighted by Crippen LogP contribution is -2.38. The van der Waals surface area contributed by atoms with Crippen molar-refractivity contribution in [2.45, 2.75) is 32.2 Å². The molecule has 1 aliphatic rings. The van der Waals surface area contributed by atoms with Crippen LogP contribution < -0.4 is 15.1 Å². The molecule has 0 atom stereocenters. The number of carbonyl (C=O) groups excluding carboxylic acids is 1. The third kappa shape index (κ3) is 6.67. The monoisotopic (exact) mass is 398 g/mol. The van der Waals surface area contributed by atoms with Gasteiger partial charge in [-0.3, -0.25) is 4.79 Å². The number of rotatable bonds is 9.